The van der Waals surface area contributed by atoms with Crippen LogP contribution in [0.5, 0.6) is 17.2 Å². The summed E-state index contributed by atoms with van der Waals surface area (Å²) in [6, 6.07) is 16.9. The summed E-state index contributed by atoms with van der Waals surface area (Å²) in [6.45, 7) is 0.690. The Balaban J connectivity index is 1.33. The minimum Gasteiger partial charge on any atom is -0.491 e. The third-order valence-corrected chi connectivity index (χ3v) is 3.91. The maximum absolute atomic E-state index is 11.0. The van der Waals surface area contributed by atoms with Crippen molar-refractivity contribution in [3.63, 3.8) is 0 Å². The molecule has 1 atom stereocenters. The number of H-pyrrole nitrogens is 1. The summed E-state index contributed by atoms with van der Waals surface area (Å²) >= 11 is 0. The van der Waals surface area contributed by atoms with E-state index in [-0.39, 0.29) is 6.04 Å². The van der Waals surface area contributed by atoms with Crippen LogP contribution in [0.3, 0.4) is 0 Å². The molecule has 7 nitrogen and oxygen atoms in total. The van der Waals surface area contributed by atoms with Crippen LogP contribution in [0, 0.1) is 0 Å². The van der Waals surface area contributed by atoms with Crippen LogP contribution >= 0.6 is 0 Å². The van der Waals surface area contributed by atoms with Crippen molar-refractivity contribution in [3.8, 4) is 28.5 Å². The molecule has 2 aromatic carbocycles. The zero-order valence-electron chi connectivity index (χ0n) is 13.8. The van der Waals surface area contributed by atoms with Gasteiger partial charge in [0.05, 0.1) is 5.69 Å². The number of hydrogen-bond acceptors (Lipinski definition) is 5. The Morgan fingerprint density at radius 1 is 1.00 bits per heavy atom. The normalized spacial score (nSPS) is 16.0. The first-order valence-electron chi connectivity index (χ1n) is 8.20. The highest BCUT2D eigenvalue weighted by Crippen LogP contribution is 2.26. The van der Waals surface area contributed by atoms with Crippen molar-refractivity contribution in [1.29, 1.82) is 0 Å². The fourth-order valence-electron chi connectivity index (χ4n) is 2.57. The molecule has 3 aromatic rings. The van der Waals surface area contributed by atoms with Crippen LogP contribution in [0.1, 0.15) is 0 Å². The molecular formula is C19H17N3O4. The lowest BCUT2D eigenvalue weighted by molar-refractivity contribution is 0.174. The molecule has 1 amide bonds. The highest BCUT2D eigenvalue weighted by Gasteiger charge is 2.22. The molecule has 1 aliphatic rings. The molecule has 132 valence electrons. The van der Waals surface area contributed by atoms with Crippen LogP contribution in [-0.2, 0) is 4.74 Å². The monoisotopic (exact) mass is 351 g/mol. The summed E-state index contributed by atoms with van der Waals surface area (Å²) in [4.78, 5) is 11.0. The van der Waals surface area contributed by atoms with Gasteiger partial charge < -0.3 is 19.5 Å². The fourth-order valence-corrected chi connectivity index (χ4v) is 2.57. The van der Waals surface area contributed by atoms with Crippen molar-refractivity contribution in [2.24, 2.45) is 0 Å². The van der Waals surface area contributed by atoms with E-state index >= 15 is 0 Å². The van der Waals surface area contributed by atoms with Crippen LogP contribution in [0.2, 0.25) is 0 Å². The SMILES string of the molecule is O=C1NC(COc2ccc(Oc3ccc(-c4ccn[nH]4)cc3)cc2)CO1. The van der Waals surface area contributed by atoms with E-state index in [1.54, 1.807) is 6.20 Å². The van der Waals surface area contributed by atoms with E-state index in [1.807, 2.05) is 54.6 Å². The molecule has 1 aromatic heterocycles. The van der Waals surface area contributed by atoms with E-state index in [2.05, 4.69) is 15.5 Å². The first kappa shape index (κ1) is 16.0. The standard InChI is InChI=1S/C19H17N3O4/c23-19-21-14(12-25-19)11-24-15-5-7-17(8-6-15)26-16-3-1-13(2-4-16)18-9-10-20-22-18/h1-10,14H,11-12H2,(H,20,22)(H,21,23). The molecular weight excluding hydrogens is 334 g/mol. The lowest BCUT2D eigenvalue weighted by atomic mass is 10.1. The van der Waals surface area contributed by atoms with Crippen LogP contribution in [-0.4, -0.2) is 35.5 Å². The number of hydrogen-bond donors (Lipinski definition) is 2. The Kier molecular flexibility index (Phi) is 4.42. The molecule has 0 saturated carbocycles. The van der Waals surface area contributed by atoms with E-state index in [9.17, 15) is 4.79 Å². The first-order valence-corrected chi connectivity index (χ1v) is 8.20. The molecule has 4 rings (SSSR count). The lowest BCUT2D eigenvalue weighted by Crippen LogP contribution is -2.32. The van der Waals surface area contributed by atoms with Gasteiger partial charge in [-0.1, -0.05) is 0 Å². The molecule has 26 heavy (non-hydrogen) atoms. The summed E-state index contributed by atoms with van der Waals surface area (Å²) in [5.41, 5.74) is 2.00. The number of amides is 1. The molecule has 0 spiro atoms. The number of alkyl carbamates (subject to hydrolysis) is 1. The molecule has 1 saturated heterocycles. The fraction of sp³-hybridized carbons (Fsp3) is 0.158. The van der Waals surface area contributed by atoms with Gasteiger partial charge in [0.2, 0.25) is 0 Å². The van der Waals surface area contributed by atoms with Gasteiger partial charge in [-0.3, -0.25) is 5.10 Å². The average Bonchev–Trinajstić information content (AvgIpc) is 3.34. The number of benzene rings is 2. The summed E-state index contributed by atoms with van der Waals surface area (Å²) in [6.07, 6.45) is 1.32. The van der Waals surface area contributed by atoms with E-state index in [0.29, 0.717) is 24.7 Å². The summed E-state index contributed by atoms with van der Waals surface area (Å²) < 4.78 is 16.3. The van der Waals surface area contributed by atoms with Crippen LogP contribution in [0.25, 0.3) is 11.3 Å². The first-order chi connectivity index (χ1) is 12.8. The van der Waals surface area contributed by atoms with Gasteiger partial charge in [-0.25, -0.2) is 4.79 Å². The number of aromatic amines is 1. The Bertz CT molecular complexity index is 861. The molecule has 0 aliphatic carbocycles. The molecule has 7 heteroatoms. The van der Waals surface area contributed by atoms with E-state index < -0.39 is 6.09 Å². The number of ether oxygens (including phenoxy) is 3. The van der Waals surface area contributed by atoms with Crippen molar-refractivity contribution in [3.05, 3.63) is 60.8 Å². The Morgan fingerprint density at radius 3 is 2.31 bits per heavy atom. The van der Waals surface area contributed by atoms with Gasteiger partial charge in [0.1, 0.15) is 36.5 Å². The molecule has 2 N–H and O–H groups in total. The van der Waals surface area contributed by atoms with Crippen molar-refractivity contribution in [2.75, 3.05) is 13.2 Å². The molecule has 1 aliphatic heterocycles. The Labute approximate surface area is 149 Å². The minimum absolute atomic E-state index is 0.119. The quantitative estimate of drug-likeness (QED) is 0.711. The second kappa shape index (κ2) is 7.18. The van der Waals surface area contributed by atoms with Gasteiger partial charge >= 0.3 is 6.09 Å². The number of cyclic esters (lactones) is 1. The van der Waals surface area contributed by atoms with Crippen LogP contribution < -0.4 is 14.8 Å². The highest BCUT2D eigenvalue weighted by molar-refractivity contribution is 5.69. The molecule has 1 unspecified atom stereocenters. The van der Waals surface area contributed by atoms with Crippen molar-refractivity contribution in [2.45, 2.75) is 6.04 Å². The van der Waals surface area contributed by atoms with Crippen molar-refractivity contribution in [1.82, 2.24) is 15.5 Å². The zero-order chi connectivity index (χ0) is 17.8. The van der Waals surface area contributed by atoms with E-state index in [4.69, 9.17) is 14.2 Å². The average molecular weight is 351 g/mol. The Hall–Kier alpha value is -3.48. The second-order valence-corrected chi connectivity index (χ2v) is 5.82. The molecule has 0 bridgehead atoms. The number of carbonyl (C=O) groups excluding carboxylic acids is 1. The van der Waals surface area contributed by atoms with Gasteiger partial charge in [0.15, 0.2) is 0 Å². The number of nitrogens with zero attached hydrogens (tertiary/aromatic N) is 1. The minimum atomic E-state index is -0.402. The third-order valence-electron chi connectivity index (χ3n) is 3.91. The molecule has 2 heterocycles. The summed E-state index contributed by atoms with van der Waals surface area (Å²) in [7, 11) is 0. The van der Waals surface area contributed by atoms with Gasteiger partial charge in [0.25, 0.3) is 0 Å². The van der Waals surface area contributed by atoms with E-state index in [0.717, 1.165) is 17.0 Å². The predicted molar refractivity (Wildman–Crippen MR) is 94.3 cm³/mol. The van der Waals surface area contributed by atoms with Crippen LogP contribution in [0.15, 0.2) is 60.8 Å². The Morgan fingerprint density at radius 2 is 1.69 bits per heavy atom. The summed E-state index contributed by atoms with van der Waals surface area (Å²) in [5, 5.41) is 9.54. The zero-order valence-corrected chi connectivity index (χ0v) is 13.8. The molecule has 1 fully saturated rings. The highest BCUT2D eigenvalue weighted by atomic mass is 16.6. The smallest absolute Gasteiger partial charge is 0.407 e. The number of carbonyl (C=O) groups is 1. The van der Waals surface area contributed by atoms with Gasteiger partial charge in [-0.2, -0.15) is 5.10 Å². The maximum atomic E-state index is 11.0. The number of rotatable bonds is 6. The second-order valence-electron chi connectivity index (χ2n) is 5.82. The molecule has 0 radical (unpaired) electrons. The maximum Gasteiger partial charge on any atom is 0.407 e. The number of aromatic nitrogens is 2. The van der Waals surface area contributed by atoms with Crippen LogP contribution in [0.4, 0.5) is 4.79 Å². The van der Waals surface area contributed by atoms with E-state index in [1.165, 1.54) is 0 Å². The van der Waals surface area contributed by atoms with Gasteiger partial charge in [-0.05, 0) is 60.2 Å². The predicted octanol–water partition coefficient (Wildman–Crippen LogP) is 3.36. The largest absolute Gasteiger partial charge is 0.491 e. The topological polar surface area (TPSA) is 85.5 Å². The van der Waals surface area contributed by atoms with Gasteiger partial charge in [-0.15, -0.1) is 0 Å². The number of nitrogens with one attached hydrogen (secondary N) is 2. The summed E-state index contributed by atoms with van der Waals surface area (Å²) in [5.74, 6) is 2.16. The van der Waals surface area contributed by atoms with Crippen molar-refractivity contribution >= 4 is 6.09 Å². The lowest BCUT2D eigenvalue weighted by Gasteiger charge is -2.11. The van der Waals surface area contributed by atoms with Crippen molar-refractivity contribution < 1.29 is 19.0 Å². The third kappa shape index (κ3) is 3.77. The van der Waals surface area contributed by atoms with Gasteiger partial charge in [0, 0.05) is 6.20 Å².